The first kappa shape index (κ1) is 16.3. The summed E-state index contributed by atoms with van der Waals surface area (Å²) in [4.78, 5) is 18.0. The largest absolute Gasteiger partial charge is 0.335 e. The van der Waals surface area contributed by atoms with Gasteiger partial charge in [0.2, 0.25) is 0 Å². The molecule has 3 aromatic heterocycles. The van der Waals surface area contributed by atoms with Crippen LogP contribution < -0.4 is 5.32 Å². The summed E-state index contributed by atoms with van der Waals surface area (Å²) in [5, 5.41) is 8.81. The van der Waals surface area contributed by atoms with Gasteiger partial charge in [-0.25, -0.2) is 13.8 Å². The number of pyridine rings is 1. The minimum Gasteiger partial charge on any atom is -0.335 e. The fourth-order valence-electron chi connectivity index (χ4n) is 2.60. The Morgan fingerprint density at radius 2 is 2.04 bits per heavy atom. The van der Waals surface area contributed by atoms with Crippen molar-refractivity contribution >= 4 is 34.0 Å². The number of hydrogen-bond donors (Lipinski definition) is 1. The van der Waals surface area contributed by atoms with Crippen molar-refractivity contribution in [1.82, 2.24) is 10.1 Å². The van der Waals surface area contributed by atoms with Crippen molar-refractivity contribution in [2.45, 2.75) is 6.92 Å². The Bertz CT molecular complexity index is 1120. The van der Waals surface area contributed by atoms with Crippen LogP contribution in [0.2, 0.25) is 0 Å². The normalized spacial score (nSPS) is 11.0. The van der Waals surface area contributed by atoms with Gasteiger partial charge in [-0.3, -0.25) is 4.79 Å². The Balaban J connectivity index is 1.79. The van der Waals surface area contributed by atoms with Gasteiger partial charge in [0, 0.05) is 11.8 Å². The lowest BCUT2D eigenvalue weighted by molar-refractivity contribution is 0.102. The number of carbonyl (C=O) groups is 1. The van der Waals surface area contributed by atoms with Gasteiger partial charge >= 0.3 is 0 Å². The molecule has 8 heteroatoms. The summed E-state index contributed by atoms with van der Waals surface area (Å²) in [5.74, 6) is -2.51. The van der Waals surface area contributed by atoms with Gasteiger partial charge in [0.05, 0.1) is 27.2 Å². The third kappa shape index (κ3) is 2.84. The lowest BCUT2D eigenvalue weighted by atomic mass is 10.1. The second kappa shape index (κ2) is 6.30. The molecule has 0 fully saturated rings. The van der Waals surface area contributed by atoms with E-state index in [4.69, 9.17) is 4.52 Å². The van der Waals surface area contributed by atoms with Gasteiger partial charge in [0.25, 0.3) is 11.6 Å². The number of aryl methyl sites for hydroxylation is 1. The molecule has 0 spiro atoms. The van der Waals surface area contributed by atoms with Crippen molar-refractivity contribution in [2.24, 2.45) is 0 Å². The predicted molar refractivity (Wildman–Crippen MR) is 94.2 cm³/mol. The molecule has 0 bridgehead atoms. The van der Waals surface area contributed by atoms with E-state index < -0.39 is 17.5 Å². The lowest BCUT2D eigenvalue weighted by Gasteiger charge is -2.08. The minimum atomic E-state index is -1.04. The van der Waals surface area contributed by atoms with Crippen LogP contribution in [0.25, 0.3) is 21.7 Å². The molecular formula is C18H11F2N3O2S. The fraction of sp³-hybridized carbons (Fsp3) is 0.0556. The number of rotatable bonds is 3. The third-order valence-corrected chi connectivity index (χ3v) is 4.71. The molecule has 0 aliphatic rings. The predicted octanol–water partition coefficient (Wildman–Crippen LogP) is 4.79. The SMILES string of the molecule is Cc1noc2nc(-c3cccs3)cc(C(=O)Nc3ccc(F)c(F)c3)c12. The van der Waals surface area contributed by atoms with Crippen LogP contribution >= 0.6 is 11.3 Å². The average molecular weight is 371 g/mol. The van der Waals surface area contributed by atoms with Gasteiger partial charge in [-0.05, 0) is 36.6 Å². The maximum Gasteiger partial charge on any atom is 0.259 e. The van der Waals surface area contributed by atoms with Gasteiger partial charge in [-0.2, -0.15) is 0 Å². The highest BCUT2D eigenvalue weighted by Gasteiger charge is 2.20. The molecule has 1 aromatic carbocycles. The molecule has 0 aliphatic carbocycles. The van der Waals surface area contributed by atoms with Crippen molar-refractivity contribution in [3.05, 3.63) is 64.7 Å². The lowest BCUT2D eigenvalue weighted by Crippen LogP contribution is -2.13. The molecule has 26 heavy (non-hydrogen) atoms. The van der Waals surface area contributed by atoms with Crippen molar-refractivity contribution in [2.75, 3.05) is 5.32 Å². The molecule has 5 nitrogen and oxygen atoms in total. The van der Waals surface area contributed by atoms with E-state index >= 15 is 0 Å². The van der Waals surface area contributed by atoms with Crippen molar-refractivity contribution in [1.29, 1.82) is 0 Å². The molecule has 0 unspecified atom stereocenters. The van der Waals surface area contributed by atoms with Crippen LogP contribution in [-0.4, -0.2) is 16.0 Å². The van der Waals surface area contributed by atoms with Crippen LogP contribution in [0, 0.1) is 18.6 Å². The standard InChI is InChI=1S/C18H11F2N3O2S/c1-9-16-11(17(24)21-10-4-5-12(19)13(20)7-10)8-14(15-3-2-6-26-15)22-18(16)25-23-9/h2-8H,1H3,(H,21,24). The molecule has 3 heterocycles. The summed E-state index contributed by atoms with van der Waals surface area (Å²) in [6, 6.07) is 8.54. The number of hydrogen-bond acceptors (Lipinski definition) is 5. The van der Waals surface area contributed by atoms with E-state index in [1.54, 1.807) is 13.0 Å². The molecular weight excluding hydrogens is 360 g/mol. The number of carbonyl (C=O) groups excluding carboxylic acids is 1. The third-order valence-electron chi connectivity index (χ3n) is 3.81. The van der Waals surface area contributed by atoms with E-state index in [9.17, 15) is 13.6 Å². The van der Waals surface area contributed by atoms with E-state index in [-0.39, 0.29) is 11.4 Å². The van der Waals surface area contributed by atoms with Crippen molar-refractivity contribution in [3.8, 4) is 10.6 Å². The van der Waals surface area contributed by atoms with Crippen LogP contribution in [0.1, 0.15) is 16.1 Å². The van der Waals surface area contributed by atoms with Crippen LogP contribution in [0.4, 0.5) is 14.5 Å². The topological polar surface area (TPSA) is 68.0 Å². The fourth-order valence-corrected chi connectivity index (χ4v) is 3.28. The molecule has 0 saturated heterocycles. The Morgan fingerprint density at radius 3 is 2.77 bits per heavy atom. The zero-order valence-corrected chi connectivity index (χ0v) is 14.2. The first-order valence-corrected chi connectivity index (χ1v) is 8.48. The van der Waals surface area contributed by atoms with Gasteiger partial charge in [-0.15, -0.1) is 11.3 Å². The average Bonchev–Trinajstić information content (AvgIpc) is 3.28. The monoisotopic (exact) mass is 371 g/mol. The second-order valence-electron chi connectivity index (χ2n) is 5.56. The highest BCUT2D eigenvalue weighted by Crippen LogP contribution is 2.30. The highest BCUT2D eigenvalue weighted by molar-refractivity contribution is 7.13. The zero-order valence-electron chi connectivity index (χ0n) is 13.4. The van der Waals surface area contributed by atoms with Crippen molar-refractivity contribution in [3.63, 3.8) is 0 Å². The Morgan fingerprint density at radius 1 is 1.19 bits per heavy atom. The van der Waals surface area contributed by atoms with Gasteiger partial charge in [0.15, 0.2) is 11.6 Å². The summed E-state index contributed by atoms with van der Waals surface area (Å²) < 4.78 is 31.7. The van der Waals surface area contributed by atoms with Gasteiger partial charge in [0.1, 0.15) is 0 Å². The maximum atomic E-state index is 13.4. The molecule has 0 atom stereocenters. The number of nitrogens with zero attached hydrogens (tertiary/aromatic N) is 2. The first-order chi connectivity index (χ1) is 12.5. The molecule has 1 N–H and O–H groups in total. The van der Waals surface area contributed by atoms with Crippen molar-refractivity contribution < 1.29 is 18.1 Å². The summed E-state index contributed by atoms with van der Waals surface area (Å²) in [7, 11) is 0. The minimum absolute atomic E-state index is 0.144. The summed E-state index contributed by atoms with van der Waals surface area (Å²) in [6.45, 7) is 1.70. The van der Waals surface area contributed by atoms with E-state index in [2.05, 4.69) is 15.5 Å². The molecule has 1 amide bonds. The quantitative estimate of drug-likeness (QED) is 0.562. The molecule has 0 saturated carbocycles. The Hall–Kier alpha value is -3.13. The number of thiophene rings is 1. The molecule has 4 rings (SSSR count). The Labute approximate surface area is 150 Å². The number of nitrogens with one attached hydrogen (secondary N) is 1. The molecule has 4 aromatic rings. The number of aromatic nitrogens is 2. The smallest absolute Gasteiger partial charge is 0.259 e. The molecule has 0 aliphatic heterocycles. The van der Waals surface area contributed by atoms with Crippen LogP contribution in [0.15, 0.2) is 46.3 Å². The van der Waals surface area contributed by atoms with Crippen LogP contribution in [0.3, 0.4) is 0 Å². The van der Waals surface area contributed by atoms with Gasteiger partial charge in [-0.1, -0.05) is 11.2 Å². The summed E-state index contributed by atoms with van der Waals surface area (Å²) >= 11 is 1.47. The number of fused-ring (bicyclic) bond motifs is 1. The van der Waals surface area contributed by atoms with Crippen LogP contribution in [-0.2, 0) is 0 Å². The van der Waals surface area contributed by atoms with Crippen LogP contribution in [0.5, 0.6) is 0 Å². The van der Waals surface area contributed by atoms with E-state index in [1.807, 2.05) is 17.5 Å². The number of anilines is 1. The maximum absolute atomic E-state index is 13.4. The molecule has 130 valence electrons. The summed E-state index contributed by atoms with van der Waals surface area (Å²) in [6.07, 6.45) is 0. The highest BCUT2D eigenvalue weighted by atomic mass is 32.1. The Kier molecular flexibility index (Phi) is 3.96. The molecule has 0 radical (unpaired) electrons. The number of benzene rings is 1. The first-order valence-electron chi connectivity index (χ1n) is 7.60. The van der Waals surface area contributed by atoms with E-state index in [0.717, 1.165) is 17.0 Å². The number of halogens is 2. The van der Waals surface area contributed by atoms with E-state index in [1.165, 1.54) is 17.4 Å². The number of amides is 1. The zero-order chi connectivity index (χ0) is 18.3. The summed E-state index contributed by atoms with van der Waals surface area (Å²) in [5.41, 5.74) is 1.76. The van der Waals surface area contributed by atoms with E-state index in [0.29, 0.717) is 22.3 Å². The second-order valence-corrected chi connectivity index (χ2v) is 6.51. The van der Waals surface area contributed by atoms with Gasteiger partial charge < -0.3 is 9.84 Å².